The van der Waals surface area contributed by atoms with Crippen molar-refractivity contribution in [1.29, 1.82) is 0 Å². The number of hydrogen-bond acceptors (Lipinski definition) is 10. The van der Waals surface area contributed by atoms with E-state index in [1.54, 1.807) is 6.33 Å². The molecule has 36 heavy (non-hydrogen) atoms. The van der Waals surface area contributed by atoms with Crippen LogP contribution in [0.4, 0.5) is 11.6 Å². The van der Waals surface area contributed by atoms with Gasteiger partial charge in [-0.15, -0.1) is 0 Å². The number of benzene rings is 1. The third-order valence-corrected chi connectivity index (χ3v) is 6.65. The number of nitrogens with one attached hydrogen (secondary N) is 2. The molecule has 3 N–H and O–H groups in total. The van der Waals surface area contributed by atoms with Gasteiger partial charge >= 0.3 is 0 Å². The van der Waals surface area contributed by atoms with E-state index in [4.69, 9.17) is 14.2 Å². The zero-order valence-corrected chi connectivity index (χ0v) is 21.5. The van der Waals surface area contributed by atoms with Gasteiger partial charge in [0.2, 0.25) is 0 Å². The standard InChI is InChI=1S/C26H40N6O4/c1-3-35-23-15-21(5-6-22(23)36-14-11-31-9-12-34-13-10-31)17-28-18-26(33)7-4-8-32(19-26)25-16-24(27-2)29-20-30-25/h5-6,15-16,20,28,33H,3-4,7-14,17-19H2,1-2H3,(H,27,29,30)/t26-/m1/s1. The van der Waals surface area contributed by atoms with Crippen LogP contribution in [0.5, 0.6) is 11.5 Å². The van der Waals surface area contributed by atoms with Gasteiger partial charge in [-0.25, -0.2) is 9.97 Å². The number of morpholine rings is 1. The fourth-order valence-corrected chi connectivity index (χ4v) is 4.71. The number of piperidine rings is 1. The summed E-state index contributed by atoms with van der Waals surface area (Å²) in [6, 6.07) is 7.97. The smallest absolute Gasteiger partial charge is 0.161 e. The third kappa shape index (κ3) is 7.42. The summed E-state index contributed by atoms with van der Waals surface area (Å²) >= 11 is 0. The average molecular weight is 501 g/mol. The second-order valence-electron chi connectivity index (χ2n) is 9.38. The Hall–Kier alpha value is -2.66. The van der Waals surface area contributed by atoms with E-state index in [9.17, 15) is 5.11 Å². The monoisotopic (exact) mass is 500 g/mol. The number of aromatic nitrogens is 2. The summed E-state index contributed by atoms with van der Waals surface area (Å²) in [5.74, 6) is 3.12. The summed E-state index contributed by atoms with van der Waals surface area (Å²) in [7, 11) is 1.84. The highest BCUT2D eigenvalue weighted by atomic mass is 16.5. The maximum absolute atomic E-state index is 11.3. The van der Waals surface area contributed by atoms with Crippen LogP contribution in [0.25, 0.3) is 0 Å². The molecule has 2 aliphatic rings. The molecule has 0 radical (unpaired) electrons. The van der Waals surface area contributed by atoms with Crippen molar-refractivity contribution in [2.75, 3.05) is 83.0 Å². The van der Waals surface area contributed by atoms with Gasteiger partial charge in [-0.05, 0) is 37.5 Å². The minimum absolute atomic E-state index is 0.495. The molecule has 3 heterocycles. The zero-order valence-electron chi connectivity index (χ0n) is 21.5. The Morgan fingerprint density at radius 2 is 1.97 bits per heavy atom. The molecule has 2 aliphatic heterocycles. The summed E-state index contributed by atoms with van der Waals surface area (Å²) < 4.78 is 17.3. The highest BCUT2D eigenvalue weighted by Crippen LogP contribution is 2.29. The van der Waals surface area contributed by atoms with Crippen molar-refractivity contribution in [2.45, 2.75) is 31.9 Å². The summed E-state index contributed by atoms with van der Waals surface area (Å²) in [4.78, 5) is 13.1. The van der Waals surface area contributed by atoms with Crippen LogP contribution in [0.1, 0.15) is 25.3 Å². The van der Waals surface area contributed by atoms with Crippen LogP contribution in [0.2, 0.25) is 0 Å². The summed E-state index contributed by atoms with van der Waals surface area (Å²) in [5.41, 5.74) is 0.263. The molecule has 10 nitrogen and oxygen atoms in total. The maximum atomic E-state index is 11.3. The summed E-state index contributed by atoms with van der Waals surface area (Å²) in [6.07, 6.45) is 3.21. The van der Waals surface area contributed by atoms with Crippen LogP contribution in [-0.4, -0.2) is 98.3 Å². The lowest BCUT2D eigenvalue weighted by Gasteiger charge is -2.40. The molecule has 0 amide bonds. The Bertz CT molecular complexity index is 958. The number of rotatable bonds is 12. The molecule has 10 heteroatoms. The first kappa shape index (κ1) is 26.4. The number of aliphatic hydroxyl groups is 1. The first-order valence-electron chi connectivity index (χ1n) is 12.9. The Morgan fingerprint density at radius 3 is 2.78 bits per heavy atom. The minimum atomic E-state index is -0.825. The van der Waals surface area contributed by atoms with Crippen molar-refractivity contribution in [1.82, 2.24) is 20.2 Å². The lowest BCUT2D eigenvalue weighted by molar-refractivity contribution is 0.0258. The number of anilines is 2. The largest absolute Gasteiger partial charge is 0.490 e. The molecule has 2 saturated heterocycles. The summed E-state index contributed by atoms with van der Waals surface area (Å²) in [6.45, 7) is 10.0. The van der Waals surface area contributed by atoms with Crippen LogP contribution in [0.3, 0.4) is 0 Å². The van der Waals surface area contributed by atoms with Crippen LogP contribution in [0.15, 0.2) is 30.6 Å². The molecule has 0 bridgehead atoms. The van der Waals surface area contributed by atoms with E-state index in [1.165, 1.54) is 0 Å². The van der Waals surface area contributed by atoms with Gasteiger partial charge < -0.3 is 34.9 Å². The number of hydrogen-bond donors (Lipinski definition) is 3. The van der Waals surface area contributed by atoms with Gasteiger partial charge in [0.25, 0.3) is 0 Å². The van der Waals surface area contributed by atoms with Crippen LogP contribution < -0.4 is 25.0 Å². The van der Waals surface area contributed by atoms with Gasteiger partial charge in [0.15, 0.2) is 11.5 Å². The maximum Gasteiger partial charge on any atom is 0.161 e. The highest BCUT2D eigenvalue weighted by molar-refractivity contribution is 5.48. The van der Waals surface area contributed by atoms with Gasteiger partial charge in [0.1, 0.15) is 24.6 Å². The predicted octanol–water partition coefficient (Wildman–Crippen LogP) is 1.75. The Kier molecular flexibility index (Phi) is 9.57. The van der Waals surface area contributed by atoms with Gasteiger partial charge in [0, 0.05) is 58.9 Å². The molecular formula is C26H40N6O4. The molecule has 2 fully saturated rings. The molecule has 198 valence electrons. The van der Waals surface area contributed by atoms with E-state index in [1.807, 2.05) is 32.2 Å². The topological polar surface area (TPSA) is 104 Å². The molecule has 2 aromatic rings. The molecule has 1 aromatic carbocycles. The Morgan fingerprint density at radius 1 is 1.11 bits per heavy atom. The van der Waals surface area contributed by atoms with Crippen molar-refractivity contribution in [2.24, 2.45) is 0 Å². The summed E-state index contributed by atoms with van der Waals surface area (Å²) in [5, 5.41) is 17.8. The molecular weight excluding hydrogens is 460 g/mol. The average Bonchev–Trinajstić information content (AvgIpc) is 2.90. The van der Waals surface area contributed by atoms with E-state index in [0.717, 1.165) is 80.9 Å². The quantitative estimate of drug-likeness (QED) is 0.399. The van der Waals surface area contributed by atoms with Gasteiger partial charge in [-0.2, -0.15) is 0 Å². The first-order valence-corrected chi connectivity index (χ1v) is 12.9. The zero-order chi connectivity index (χ0) is 25.2. The van der Waals surface area contributed by atoms with Crippen LogP contribution in [0, 0.1) is 0 Å². The lowest BCUT2D eigenvalue weighted by atomic mass is 9.92. The van der Waals surface area contributed by atoms with E-state index < -0.39 is 5.60 Å². The second kappa shape index (κ2) is 13.0. The third-order valence-electron chi connectivity index (χ3n) is 6.65. The highest BCUT2D eigenvalue weighted by Gasteiger charge is 2.33. The lowest BCUT2D eigenvalue weighted by Crippen LogP contribution is -2.53. The van der Waals surface area contributed by atoms with Crippen molar-refractivity contribution in [3.63, 3.8) is 0 Å². The Labute approximate surface area is 214 Å². The second-order valence-corrected chi connectivity index (χ2v) is 9.38. The van der Waals surface area contributed by atoms with E-state index in [-0.39, 0.29) is 0 Å². The molecule has 0 saturated carbocycles. The normalized spacial score (nSPS) is 20.8. The molecule has 4 rings (SSSR count). The van der Waals surface area contributed by atoms with Crippen molar-refractivity contribution in [3.8, 4) is 11.5 Å². The minimum Gasteiger partial charge on any atom is -0.490 e. The van der Waals surface area contributed by atoms with Gasteiger partial charge in [-0.1, -0.05) is 6.07 Å². The number of β-amino-alcohol motifs (C(OH)–C–C–N with tert-alkyl or cyclic N) is 1. The van der Waals surface area contributed by atoms with E-state index >= 15 is 0 Å². The van der Waals surface area contributed by atoms with Crippen LogP contribution >= 0.6 is 0 Å². The van der Waals surface area contributed by atoms with Crippen molar-refractivity contribution < 1.29 is 19.3 Å². The Balaban J connectivity index is 1.28. The molecule has 0 spiro atoms. The molecule has 1 atom stereocenters. The van der Waals surface area contributed by atoms with Crippen molar-refractivity contribution >= 4 is 11.6 Å². The van der Waals surface area contributed by atoms with Gasteiger partial charge in [-0.3, -0.25) is 4.90 Å². The molecule has 0 unspecified atom stereocenters. The SMILES string of the molecule is CCOc1cc(CNC[C@]2(O)CCCN(c3cc(NC)ncn3)C2)ccc1OCCN1CCOCC1. The predicted molar refractivity (Wildman–Crippen MR) is 140 cm³/mol. The van der Waals surface area contributed by atoms with Gasteiger partial charge in [0.05, 0.1) is 25.4 Å². The molecule has 1 aromatic heterocycles. The fourth-order valence-electron chi connectivity index (χ4n) is 4.71. The first-order chi connectivity index (χ1) is 17.6. The van der Waals surface area contributed by atoms with E-state index in [0.29, 0.717) is 32.8 Å². The number of ether oxygens (including phenoxy) is 3. The molecule has 0 aliphatic carbocycles. The fraction of sp³-hybridized carbons (Fsp3) is 0.615. The van der Waals surface area contributed by atoms with Crippen LogP contribution in [-0.2, 0) is 11.3 Å². The number of nitrogens with zero attached hydrogens (tertiary/aromatic N) is 4. The van der Waals surface area contributed by atoms with Crippen molar-refractivity contribution in [3.05, 3.63) is 36.2 Å². The van der Waals surface area contributed by atoms with E-state index in [2.05, 4.69) is 36.5 Å².